The standard InChI is InChI=1S/C21H20ClN3O3S/c1-15-8-9-16(2)20(10-15)25(29(27,28)19-6-4-3-5-7-19)14-21(26)24-18-11-17(22)12-23-13-18/h3-13H,14H2,1-2H3,(H,24,26). The molecule has 1 aromatic heterocycles. The summed E-state index contributed by atoms with van der Waals surface area (Å²) in [6.07, 6.45) is 2.89. The molecule has 6 nitrogen and oxygen atoms in total. The number of carbonyl (C=O) groups is 1. The molecule has 29 heavy (non-hydrogen) atoms. The summed E-state index contributed by atoms with van der Waals surface area (Å²) in [5, 5.41) is 3.02. The lowest BCUT2D eigenvalue weighted by Crippen LogP contribution is -2.38. The van der Waals surface area contributed by atoms with Gasteiger partial charge in [0.1, 0.15) is 6.54 Å². The molecule has 0 fully saturated rings. The Kier molecular flexibility index (Phi) is 6.20. The maximum absolute atomic E-state index is 13.4. The molecule has 0 atom stereocenters. The first-order chi connectivity index (χ1) is 13.8. The van der Waals surface area contributed by atoms with Gasteiger partial charge in [0.15, 0.2) is 0 Å². The van der Waals surface area contributed by atoms with Gasteiger partial charge in [-0.3, -0.25) is 14.1 Å². The third-order valence-corrected chi connectivity index (χ3v) is 6.22. The normalized spacial score (nSPS) is 11.1. The highest BCUT2D eigenvalue weighted by Crippen LogP contribution is 2.28. The lowest BCUT2D eigenvalue weighted by atomic mass is 10.1. The number of aryl methyl sites for hydroxylation is 2. The minimum Gasteiger partial charge on any atom is -0.323 e. The van der Waals surface area contributed by atoms with Gasteiger partial charge in [-0.1, -0.05) is 41.9 Å². The van der Waals surface area contributed by atoms with Crippen LogP contribution in [0.15, 0.2) is 71.9 Å². The molecule has 0 saturated carbocycles. The predicted octanol–water partition coefficient (Wildman–Crippen LogP) is 4.19. The van der Waals surface area contributed by atoms with Crippen molar-refractivity contribution in [1.29, 1.82) is 0 Å². The number of sulfonamides is 1. The average Bonchev–Trinajstić information content (AvgIpc) is 2.69. The third-order valence-electron chi connectivity index (χ3n) is 4.24. The summed E-state index contributed by atoms with van der Waals surface area (Å²) in [6, 6.07) is 15.1. The molecule has 1 amide bonds. The SMILES string of the molecule is Cc1ccc(C)c(N(CC(=O)Nc2cncc(Cl)c2)S(=O)(=O)c2ccccc2)c1. The molecular formula is C21H20ClN3O3S. The Morgan fingerprint density at radius 3 is 2.48 bits per heavy atom. The maximum Gasteiger partial charge on any atom is 0.264 e. The lowest BCUT2D eigenvalue weighted by Gasteiger charge is -2.26. The van der Waals surface area contributed by atoms with Gasteiger partial charge in [-0.05, 0) is 49.2 Å². The number of anilines is 2. The van der Waals surface area contributed by atoms with Crippen molar-refractivity contribution in [1.82, 2.24) is 4.98 Å². The summed E-state index contributed by atoms with van der Waals surface area (Å²) >= 11 is 5.90. The van der Waals surface area contributed by atoms with Crippen LogP contribution in [-0.4, -0.2) is 25.9 Å². The van der Waals surface area contributed by atoms with Gasteiger partial charge >= 0.3 is 0 Å². The first kappa shape index (κ1) is 20.8. The molecule has 0 radical (unpaired) electrons. The van der Waals surface area contributed by atoms with Crippen molar-refractivity contribution in [2.24, 2.45) is 0 Å². The maximum atomic E-state index is 13.4. The number of pyridine rings is 1. The molecule has 0 saturated heterocycles. The molecule has 1 heterocycles. The molecule has 3 aromatic rings. The number of rotatable bonds is 6. The largest absolute Gasteiger partial charge is 0.323 e. The second-order valence-electron chi connectivity index (χ2n) is 6.55. The van der Waals surface area contributed by atoms with Crippen molar-refractivity contribution in [3.63, 3.8) is 0 Å². The van der Waals surface area contributed by atoms with E-state index < -0.39 is 22.5 Å². The van der Waals surface area contributed by atoms with Crippen LogP contribution in [-0.2, 0) is 14.8 Å². The van der Waals surface area contributed by atoms with Crippen molar-refractivity contribution in [2.75, 3.05) is 16.2 Å². The van der Waals surface area contributed by atoms with E-state index in [1.807, 2.05) is 19.1 Å². The number of halogens is 1. The molecule has 0 bridgehead atoms. The Balaban J connectivity index is 1.99. The number of hydrogen-bond acceptors (Lipinski definition) is 4. The zero-order chi connectivity index (χ0) is 21.0. The summed E-state index contributed by atoms with van der Waals surface area (Å²) in [6.45, 7) is 3.28. The van der Waals surface area contributed by atoms with E-state index in [-0.39, 0.29) is 4.90 Å². The Morgan fingerprint density at radius 2 is 1.79 bits per heavy atom. The van der Waals surface area contributed by atoms with Crippen molar-refractivity contribution >= 4 is 38.9 Å². The topological polar surface area (TPSA) is 79.4 Å². The molecule has 0 aliphatic rings. The fourth-order valence-corrected chi connectivity index (χ4v) is 4.49. The molecule has 8 heteroatoms. The van der Waals surface area contributed by atoms with Crippen molar-refractivity contribution in [2.45, 2.75) is 18.7 Å². The Hall–Kier alpha value is -2.90. The Morgan fingerprint density at radius 1 is 1.07 bits per heavy atom. The number of benzene rings is 2. The van der Waals surface area contributed by atoms with Crippen LogP contribution in [0, 0.1) is 13.8 Å². The molecule has 0 aliphatic heterocycles. The van der Waals surface area contributed by atoms with Crippen LogP contribution in [0.25, 0.3) is 0 Å². The minimum absolute atomic E-state index is 0.109. The van der Waals surface area contributed by atoms with E-state index in [1.54, 1.807) is 37.3 Å². The van der Waals surface area contributed by atoms with Crippen LogP contribution in [0.1, 0.15) is 11.1 Å². The second kappa shape index (κ2) is 8.63. The summed E-state index contributed by atoms with van der Waals surface area (Å²) in [5.41, 5.74) is 2.47. The second-order valence-corrected chi connectivity index (χ2v) is 8.85. The highest BCUT2D eigenvalue weighted by molar-refractivity contribution is 7.92. The molecule has 2 aromatic carbocycles. The first-order valence-electron chi connectivity index (χ1n) is 8.83. The number of amides is 1. The Labute approximate surface area is 175 Å². The lowest BCUT2D eigenvalue weighted by molar-refractivity contribution is -0.114. The minimum atomic E-state index is -3.96. The summed E-state index contributed by atoms with van der Waals surface area (Å²) in [7, 11) is -3.96. The van der Waals surface area contributed by atoms with Gasteiger partial charge in [0.25, 0.3) is 10.0 Å². The summed E-state index contributed by atoms with van der Waals surface area (Å²) in [4.78, 5) is 16.7. The molecule has 0 unspecified atom stereocenters. The highest BCUT2D eigenvalue weighted by Gasteiger charge is 2.28. The molecule has 0 aliphatic carbocycles. The molecule has 0 spiro atoms. The highest BCUT2D eigenvalue weighted by atomic mass is 35.5. The molecular weight excluding hydrogens is 410 g/mol. The van der Waals surface area contributed by atoms with Gasteiger partial charge in [-0.15, -0.1) is 0 Å². The van der Waals surface area contributed by atoms with Gasteiger partial charge in [0.2, 0.25) is 5.91 Å². The fraction of sp³-hybridized carbons (Fsp3) is 0.143. The van der Waals surface area contributed by atoms with Crippen LogP contribution in [0.5, 0.6) is 0 Å². The zero-order valence-corrected chi connectivity index (χ0v) is 17.5. The number of nitrogens with zero attached hydrogens (tertiary/aromatic N) is 2. The quantitative estimate of drug-likeness (QED) is 0.637. The van der Waals surface area contributed by atoms with Crippen LogP contribution in [0.3, 0.4) is 0 Å². The van der Waals surface area contributed by atoms with E-state index in [9.17, 15) is 13.2 Å². The Bertz CT molecular complexity index is 1130. The van der Waals surface area contributed by atoms with Gasteiger partial charge in [0.05, 0.1) is 27.5 Å². The zero-order valence-electron chi connectivity index (χ0n) is 16.0. The molecule has 150 valence electrons. The number of aromatic nitrogens is 1. The van der Waals surface area contributed by atoms with Crippen LogP contribution >= 0.6 is 11.6 Å². The van der Waals surface area contributed by atoms with Gasteiger partial charge < -0.3 is 5.32 Å². The molecule has 1 N–H and O–H groups in total. The first-order valence-corrected chi connectivity index (χ1v) is 10.6. The van der Waals surface area contributed by atoms with E-state index in [1.165, 1.54) is 24.5 Å². The van der Waals surface area contributed by atoms with E-state index in [4.69, 9.17) is 11.6 Å². The monoisotopic (exact) mass is 429 g/mol. The number of nitrogens with one attached hydrogen (secondary N) is 1. The predicted molar refractivity (Wildman–Crippen MR) is 115 cm³/mol. The van der Waals surface area contributed by atoms with Gasteiger partial charge in [-0.2, -0.15) is 0 Å². The van der Waals surface area contributed by atoms with Crippen molar-refractivity contribution in [3.8, 4) is 0 Å². The smallest absolute Gasteiger partial charge is 0.264 e. The average molecular weight is 430 g/mol. The summed E-state index contributed by atoms with van der Waals surface area (Å²) < 4.78 is 27.8. The third kappa shape index (κ3) is 4.93. The van der Waals surface area contributed by atoms with Crippen LogP contribution in [0.2, 0.25) is 5.02 Å². The number of hydrogen-bond donors (Lipinski definition) is 1. The van der Waals surface area contributed by atoms with Crippen LogP contribution < -0.4 is 9.62 Å². The van der Waals surface area contributed by atoms with Crippen molar-refractivity contribution < 1.29 is 13.2 Å². The van der Waals surface area contributed by atoms with E-state index in [0.717, 1.165) is 15.4 Å². The van der Waals surface area contributed by atoms with E-state index >= 15 is 0 Å². The van der Waals surface area contributed by atoms with Gasteiger partial charge in [-0.25, -0.2) is 8.42 Å². The molecule has 3 rings (SSSR count). The van der Waals surface area contributed by atoms with Crippen molar-refractivity contribution in [3.05, 3.63) is 83.1 Å². The fourth-order valence-electron chi connectivity index (χ4n) is 2.82. The summed E-state index contributed by atoms with van der Waals surface area (Å²) in [5.74, 6) is -0.505. The van der Waals surface area contributed by atoms with Crippen LogP contribution in [0.4, 0.5) is 11.4 Å². The number of carbonyl (C=O) groups excluding carboxylic acids is 1. The van der Waals surface area contributed by atoms with E-state index in [2.05, 4.69) is 10.3 Å². The van der Waals surface area contributed by atoms with Gasteiger partial charge in [0, 0.05) is 6.20 Å². The van der Waals surface area contributed by atoms with E-state index in [0.29, 0.717) is 16.4 Å².